The van der Waals surface area contributed by atoms with Gasteiger partial charge in [-0.3, -0.25) is 4.79 Å². The molecule has 3 fully saturated rings. The fourth-order valence-corrected chi connectivity index (χ4v) is 10.4. The van der Waals surface area contributed by atoms with E-state index in [4.69, 9.17) is 9.47 Å². The molecule has 4 aliphatic carbocycles. The van der Waals surface area contributed by atoms with E-state index in [9.17, 15) is 4.79 Å². The molecule has 0 aromatic carbocycles. The standard InChI is InChI=1S/C39H68BrNO3/c1-27(2)11-10-12-28(3)32-15-16-33-31-14-13-29-21-30(17-19-38(29,8)34(31)18-20-39(32,33)9)44-26-37(6,7)25-43-24-36(4,5)23-41-35(42)22-40/h13,27-28,30-34H,10-12,14-26H2,1-9H3,(H,41,42)/t28-,30+,31?,32?,33+,34+,38?,39?/m1/s1. The molecule has 4 nitrogen and oxygen atoms in total. The van der Waals surface area contributed by atoms with E-state index in [0.29, 0.717) is 42.0 Å². The van der Waals surface area contributed by atoms with Gasteiger partial charge in [-0.1, -0.05) is 109 Å². The van der Waals surface area contributed by atoms with Gasteiger partial charge in [-0.05, 0) is 97.7 Å². The summed E-state index contributed by atoms with van der Waals surface area (Å²) in [6.45, 7) is 24.1. The second kappa shape index (κ2) is 14.8. The van der Waals surface area contributed by atoms with Crippen LogP contribution in [0.1, 0.15) is 133 Å². The van der Waals surface area contributed by atoms with Crippen molar-refractivity contribution in [2.75, 3.05) is 31.7 Å². The van der Waals surface area contributed by atoms with E-state index >= 15 is 0 Å². The maximum absolute atomic E-state index is 11.6. The van der Waals surface area contributed by atoms with Crippen LogP contribution in [-0.2, 0) is 14.3 Å². The Morgan fingerprint density at radius 2 is 1.70 bits per heavy atom. The monoisotopic (exact) mass is 677 g/mol. The first kappa shape index (κ1) is 36.4. The summed E-state index contributed by atoms with van der Waals surface area (Å²) in [7, 11) is 0. The minimum atomic E-state index is -0.102. The predicted octanol–water partition coefficient (Wildman–Crippen LogP) is 9.99. The molecule has 0 spiro atoms. The molecule has 0 aromatic rings. The molecule has 254 valence electrons. The maximum Gasteiger partial charge on any atom is 0.230 e. The smallest absolute Gasteiger partial charge is 0.230 e. The van der Waals surface area contributed by atoms with Crippen molar-refractivity contribution in [1.82, 2.24) is 5.32 Å². The summed E-state index contributed by atoms with van der Waals surface area (Å²) in [4.78, 5) is 11.6. The molecule has 3 saturated carbocycles. The topological polar surface area (TPSA) is 47.6 Å². The normalized spacial score (nSPS) is 34.6. The molecule has 8 atom stereocenters. The lowest BCUT2D eigenvalue weighted by molar-refractivity contribution is -0.119. The van der Waals surface area contributed by atoms with E-state index in [0.717, 1.165) is 48.5 Å². The highest BCUT2D eigenvalue weighted by Gasteiger charge is 2.59. The Labute approximate surface area is 280 Å². The molecule has 4 unspecified atom stereocenters. The van der Waals surface area contributed by atoms with E-state index in [1.165, 1.54) is 64.2 Å². The number of nitrogens with one attached hydrogen (secondary N) is 1. The zero-order valence-corrected chi connectivity index (χ0v) is 31.6. The van der Waals surface area contributed by atoms with E-state index in [-0.39, 0.29) is 16.7 Å². The third-order valence-electron chi connectivity index (χ3n) is 12.8. The number of amides is 1. The number of hydrogen-bond acceptors (Lipinski definition) is 3. The number of hydrogen-bond donors (Lipinski definition) is 1. The Balaban J connectivity index is 1.28. The molecule has 0 saturated heterocycles. The van der Waals surface area contributed by atoms with Gasteiger partial charge in [0.25, 0.3) is 0 Å². The number of alkyl halides is 1. The molecule has 0 heterocycles. The molecular formula is C39H68BrNO3. The Hall–Kier alpha value is -0.390. The molecular weight excluding hydrogens is 610 g/mol. The van der Waals surface area contributed by atoms with Crippen LogP contribution in [0.4, 0.5) is 0 Å². The summed E-state index contributed by atoms with van der Waals surface area (Å²) in [5.41, 5.74) is 2.51. The van der Waals surface area contributed by atoms with E-state index in [1.54, 1.807) is 5.57 Å². The van der Waals surface area contributed by atoms with Crippen LogP contribution in [0.5, 0.6) is 0 Å². The third kappa shape index (κ3) is 8.55. The Kier molecular flexibility index (Phi) is 12.3. The van der Waals surface area contributed by atoms with Gasteiger partial charge in [0.2, 0.25) is 5.91 Å². The highest BCUT2D eigenvalue weighted by Crippen LogP contribution is 2.67. The van der Waals surface area contributed by atoms with Gasteiger partial charge in [0.15, 0.2) is 0 Å². The highest BCUT2D eigenvalue weighted by atomic mass is 79.9. The zero-order chi connectivity index (χ0) is 32.3. The average Bonchev–Trinajstić information content (AvgIpc) is 3.31. The van der Waals surface area contributed by atoms with Crippen LogP contribution in [0.3, 0.4) is 0 Å². The maximum atomic E-state index is 11.6. The first-order valence-electron chi connectivity index (χ1n) is 18.3. The molecule has 1 N–H and O–H groups in total. The minimum absolute atomic E-state index is 0.0191. The zero-order valence-electron chi connectivity index (χ0n) is 30.0. The van der Waals surface area contributed by atoms with Gasteiger partial charge in [-0.15, -0.1) is 0 Å². The number of ether oxygens (including phenoxy) is 2. The van der Waals surface area contributed by atoms with Gasteiger partial charge in [0.05, 0.1) is 31.3 Å². The van der Waals surface area contributed by atoms with E-state index in [1.807, 2.05) is 0 Å². The number of rotatable bonds is 15. The molecule has 0 aromatic heterocycles. The number of allylic oxidation sites excluding steroid dienone is 1. The number of halogens is 1. The largest absolute Gasteiger partial charge is 0.380 e. The van der Waals surface area contributed by atoms with Crippen molar-refractivity contribution in [1.29, 1.82) is 0 Å². The second-order valence-electron chi connectivity index (χ2n) is 18.2. The first-order chi connectivity index (χ1) is 20.6. The van der Waals surface area contributed by atoms with E-state index < -0.39 is 0 Å². The molecule has 0 aliphatic heterocycles. The van der Waals surface area contributed by atoms with Gasteiger partial charge >= 0.3 is 0 Å². The van der Waals surface area contributed by atoms with Crippen molar-refractivity contribution in [3.63, 3.8) is 0 Å². The van der Waals surface area contributed by atoms with Crippen molar-refractivity contribution >= 4 is 21.8 Å². The summed E-state index contributed by atoms with van der Waals surface area (Å²) in [6.07, 6.45) is 18.0. The molecule has 4 aliphatic rings. The average molecular weight is 679 g/mol. The summed E-state index contributed by atoms with van der Waals surface area (Å²) in [6, 6.07) is 0. The van der Waals surface area contributed by atoms with Crippen LogP contribution in [-0.4, -0.2) is 43.7 Å². The van der Waals surface area contributed by atoms with Crippen LogP contribution >= 0.6 is 15.9 Å². The molecule has 44 heavy (non-hydrogen) atoms. The quantitative estimate of drug-likeness (QED) is 0.139. The Bertz CT molecular complexity index is 990. The summed E-state index contributed by atoms with van der Waals surface area (Å²) >= 11 is 3.21. The number of carbonyl (C=O) groups excluding carboxylic acids is 1. The molecule has 5 heteroatoms. The van der Waals surface area contributed by atoms with Crippen LogP contribution in [0.15, 0.2) is 11.6 Å². The molecule has 0 radical (unpaired) electrons. The first-order valence-corrected chi connectivity index (χ1v) is 19.4. The number of fused-ring (bicyclic) bond motifs is 5. The van der Waals surface area contributed by atoms with Crippen LogP contribution < -0.4 is 5.32 Å². The fraction of sp³-hybridized carbons (Fsp3) is 0.923. The lowest BCUT2D eigenvalue weighted by atomic mass is 9.47. The highest BCUT2D eigenvalue weighted by molar-refractivity contribution is 9.09. The van der Waals surface area contributed by atoms with Crippen molar-refractivity contribution in [2.24, 2.45) is 57.2 Å². The molecule has 0 bridgehead atoms. The lowest BCUT2D eigenvalue weighted by Crippen LogP contribution is -2.51. The van der Waals surface area contributed by atoms with Gasteiger partial charge in [0.1, 0.15) is 0 Å². The van der Waals surface area contributed by atoms with Gasteiger partial charge < -0.3 is 14.8 Å². The summed E-state index contributed by atoms with van der Waals surface area (Å²) in [5.74, 6) is 5.35. The van der Waals surface area contributed by atoms with Crippen molar-refractivity contribution in [3.8, 4) is 0 Å². The number of carbonyl (C=O) groups is 1. The van der Waals surface area contributed by atoms with Crippen LogP contribution in [0.25, 0.3) is 0 Å². The minimum Gasteiger partial charge on any atom is -0.380 e. The van der Waals surface area contributed by atoms with Crippen molar-refractivity contribution in [3.05, 3.63) is 11.6 Å². The fourth-order valence-electron chi connectivity index (χ4n) is 10.2. The van der Waals surface area contributed by atoms with Gasteiger partial charge in [-0.2, -0.15) is 0 Å². The SMILES string of the molecule is CC(C)CCC[C@@H](C)C1CC[C@H]2C3CC=C4C[C@@H](OCC(C)(C)COCC(C)(C)CNC(=O)CBr)CCC4(C)[C@H]3CCC12C. The lowest BCUT2D eigenvalue weighted by Gasteiger charge is -2.58. The molecule has 1 amide bonds. The van der Waals surface area contributed by atoms with Crippen molar-refractivity contribution < 1.29 is 14.3 Å². The predicted molar refractivity (Wildman–Crippen MR) is 188 cm³/mol. The Morgan fingerprint density at radius 3 is 2.41 bits per heavy atom. The van der Waals surface area contributed by atoms with Crippen molar-refractivity contribution in [2.45, 2.75) is 139 Å². The Morgan fingerprint density at radius 1 is 0.977 bits per heavy atom. The van der Waals surface area contributed by atoms with Crippen LogP contribution in [0, 0.1) is 57.2 Å². The third-order valence-corrected chi connectivity index (χ3v) is 13.4. The summed E-state index contributed by atoms with van der Waals surface area (Å²) < 4.78 is 12.8. The van der Waals surface area contributed by atoms with Gasteiger partial charge in [-0.25, -0.2) is 0 Å². The molecule has 4 rings (SSSR count). The van der Waals surface area contributed by atoms with Crippen LogP contribution in [0.2, 0.25) is 0 Å². The van der Waals surface area contributed by atoms with Gasteiger partial charge in [0, 0.05) is 17.4 Å². The summed E-state index contributed by atoms with van der Waals surface area (Å²) in [5, 5.41) is 3.30. The second-order valence-corrected chi connectivity index (χ2v) is 18.8. The van der Waals surface area contributed by atoms with E-state index in [2.05, 4.69) is 89.6 Å².